The molecule has 0 unspecified atom stereocenters. The Morgan fingerprint density at radius 3 is 1.69 bits per heavy atom. The summed E-state index contributed by atoms with van der Waals surface area (Å²) in [5, 5.41) is 0. The van der Waals surface area contributed by atoms with E-state index in [2.05, 4.69) is 166 Å². The van der Waals surface area contributed by atoms with E-state index in [0.29, 0.717) is 5.92 Å². The Labute approximate surface area is 285 Å². The van der Waals surface area contributed by atoms with Gasteiger partial charge in [0, 0.05) is 27.8 Å². The SMILES string of the molecule is CC(C)c1ccc(-c2ccccc2N(c2ccc3c(c2)C(C)(C)c2ccccc2-3)c2ccc3c(c2)C2(CCCC2)c2ccccc2-3)cc1. The van der Waals surface area contributed by atoms with Crippen molar-refractivity contribution in [2.75, 3.05) is 4.90 Å². The topological polar surface area (TPSA) is 3.24 Å². The van der Waals surface area contributed by atoms with Gasteiger partial charge in [0.2, 0.25) is 0 Å². The molecule has 0 saturated heterocycles. The van der Waals surface area contributed by atoms with Crippen molar-refractivity contribution < 1.29 is 0 Å². The van der Waals surface area contributed by atoms with Crippen molar-refractivity contribution in [3.63, 3.8) is 0 Å². The monoisotopic (exact) mass is 621 g/mol. The molecule has 1 fully saturated rings. The molecule has 1 nitrogen and oxygen atoms in total. The Balaban J connectivity index is 1.26. The van der Waals surface area contributed by atoms with Crippen LogP contribution in [-0.4, -0.2) is 0 Å². The van der Waals surface area contributed by atoms with Crippen LogP contribution >= 0.6 is 0 Å². The first-order chi connectivity index (χ1) is 23.4. The van der Waals surface area contributed by atoms with Gasteiger partial charge in [0.05, 0.1) is 5.69 Å². The number of rotatable bonds is 5. The van der Waals surface area contributed by atoms with Crippen LogP contribution in [0.25, 0.3) is 33.4 Å². The van der Waals surface area contributed by atoms with Crippen LogP contribution in [0.3, 0.4) is 0 Å². The second kappa shape index (κ2) is 10.8. The third-order valence-corrected chi connectivity index (χ3v) is 11.8. The van der Waals surface area contributed by atoms with E-state index in [1.807, 2.05) is 0 Å². The summed E-state index contributed by atoms with van der Waals surface area (Å²) in [7, 11) is 0. The first kappa shape index (κ1) is 29.3. The van der Waals surface area contributed by atoms with Crippen LogP contribution in [0.4, 0.5) is 17.1 Å². The Morgan fingerprint density at radius 1 is 0.500 bits per heavy atom. The highest BCUT2D eigenvalue weighted by Gasteiger charge is 2.45. The standard InChI is InChI=1S/C47H43N/c1-31(2)32-19-21-33(22-20-32)36-13-7-10-18-45(36)48(34-23-25-39-37-14-5-8-16-41(37)46(3,4)43(39)29-34)35-24-26-40-38-15-6-9-17-42(38)47(44(40)30-35)27-11-12-28-47/h5-10,13-26,29-31H,11-12,27-28H2,1-4H3. The van der Waals surface area contributed by atoms with E-state index in [1.54, 1.807) is 0 Å². The van der Waals surface area contributed by atoms with E-state index in [0.717, 1.165) is 0 Å². The molecule has 9 rings (SSSR count). The van der Waals surface area contributed by atoms with Crippen LogP contribution in [0.2, 0.25) is 0 Å². The molecule has 1 heteroatoms. The number of para-hydroxylation sites is 1. The molecule has 0 aliphatic heterocycles. The average molecular weight is 622 g/mol. The summed E-state index contributed by atoms with van der Waals surface area (Å²) in [5.74, 6) is 0.503. The minimum atomic E-state index is -0.0761. The molecule has 1 spiro atoms. The molecular formula is C47H43N. The summed E-state index contributed by atoms with van der Waals surface area (Å²) in [6.45, 7) is 9.29. The lowest BCUT2D eigenvalue weighted by Crippen LogP contribution is -2.21. The fraction of sp³-hybridized carbons (Fsp3) is 0.234. The van der Waals surface area contributed by atoms with Crippen LogP contribution in [0.15, 0.2) is 133 Å². The maximum Gasteiger partial charge on any atom is 0.0540 e. The molecule has 6 aromatic rings. The van der Waals surface area contributed by atoms with Gasteiger partial charge in [0.15, 0.2) is 0 Å². The highest BCUT2D eigenvalue weighted by molar-refractivity contribution is 5.92. The van der Waals surface area contributed by atoms with Crippen molar-refractivity contribution in [1.29, 1.82) is 0 Å². The Hall–Kier alpha value is -4.88. The minimum absolute atomic E-state index is 0.0761. The van der Waals surface area contributed by atoms with Crippen LogP contribution < -0.4 is 4.90 Å². The summed E-state index contributed by atoms with van der Waals surface area (Å²) in [6, 6.07) is 50.9. The second-order valence-electron chi connectivity index (χ2n) is 15.1. The van der Waals surface area contributed by atoms with E-state index in [9.17, 15) is 0 Å². The molecule has 0 N–H and O–H groups in total. The van der Waals surface area contributed by atoms with Gasteiger partial charge in [-0.05, 0) is 105 Å². The van der Waals surface area contributed by atoms with Crippen molar-refractivity contribution >= 4 is 17.1 Å². The predicted molar refractivity (Wildman–Crippen MR) is 203 cm³/mol. The molecule has 236 valence electrons. The van der Waals surface area contributed by atoms with Gasteiger partial charge in [0.1, 0.15) is 0 Å². The van der Waals surface area contributed by atoms with Gasteiger partial charge in [-0.2, -0.15) is 0 Å². The molecule has 0 heterocycles. The third-order valence-electron chi connectivity index (χ3n) is 11.8. The van der Waals surface area contributed by atoms with E-state index in [-0.39, 0.29) is 10.8 Å². The molecular weight excluding hydrogens is 579 g/mol. The van der Waals surface area contributed by atoms with Crippen molar-refractivity contribution in [2.45, 2.75) is 70.1 Å². The van der Waals surface area contributed by atoms with Gasteiger partial charge in [-0.3, -0.25) is 0 Å². The van der Waals surface area contributed by atoms with Gasteiger partial charge in [0.25, 0.3) is 0 Å². The quantitative estimate of drug-likeness (QED) is 0.185. The van der Waals surface area contributed by atoms with Crippen molar-refractivity contribution in [3.8, 4) is 33.4 Å². The van der Waals surface area contributed by atoms with Crippen molar-refractivity contribution in [3.05, 3.63) is 161 Å². The van der Waals surface area contributed by atoms with Gasteiger partial charge in [-0.25, -0.2) is 0 Å². The summed E-state index contributed by atoms with van der Waals surface area (Å²) < 4.78 is 0. The maximum atomic E-state index is 2.55. The number of hydrogen-bond acceptors (Lipinski definition) is 1. The smallest absolute Gasteiger partial charge is 0.0540 e. The fourth-order valence-electron chi connectivity index (χ4n) is 9.32. The number of nitrogens with zero attached hydrogens (tertiary/aromatic N) is 1. The van der Waals surface area contributed by atoms with E-state index >= 15 is 0 Å². The number of fused-ring (bicyclic) bond motifs is 8. The highest BCUT2D eigenvalue weighted by Crippen LogP contribution is 2.58. The van der Waals surface area contributed by atoms with Crippen LogP contribution in [0.1, 0.15) is 87.1 Å². The molecule has 0 aromatic heterocycles. The van der Waals surface area contributed by atoms with Crippen molar-refractivity contribution in [1.82, 2.24) is 0 Å². The largest absolute Gasteiger partial charge is 0.310 e. The first-order valence-electron chi connectivity index (χ1n) is 17.9. The zero-order valence-corrected chi connectivity index (χ0v) is 28.6. The molecule has 3 aliphatic carbocycles. The zero-order chi connectivity index (χ0) is 32.6. The second-order valence-corrected chi connectivity index (χ2v) is 15.1. The minimum Gasteiger partial charge on any atom is -0.310 e. The molecule has 0 radical (unpaired) electrons. The molecule has 6 aromatic carbocycles. The number of hydrogen-bond donors (Lipinski definition) is 0. The van der Waals surface area contributed by atoms with E-state index < -0.39 is 0 Å². The average Bonchev–Trinajstić information content (AvgIpc) is 3.78. The van der Waals surface area contributed by atoms with Crippen LogP contribution in [0, 0.1) is 0 Å². The summed E-state index contributed by atoms with van der Waals surface area (Å²) in [6.07, 6.45) is 5.03. The molecule has 0 amide bonds. The number of benzene rings is 6. The van der Waals surface area contributed by atoms with E-state index in [4.69, 9.17) is 0 Å². The van der Waals surface area contributed by atoms with Gasteiger partial charge >= 0.3 is 0 Å². The lowest BCUT2D eigenvalue weighted by Gasteiger charge is -2.32. The fourth-order valence-corrected chi connectivity index (χ4v) is 9.32. The Morgan fingerprint density at radius 2 is 1.02 bits per heavy atom. The molecule has 0 bridgehead atoms. The molecule has 1 saturated carbocycles. The molecule has 48 heavy (non-hydrogen) atoms. The van der Waals surface area contributed by atoms with E-state index in [1.165, 1.54) is 104 Å². The third kappa shape index (κ3) is 4.23. The normalized spacial score (nSPS) is 16.1. The van der Waals surface area contributed by atoms with Crippen molar-refractivity contribution in [2.24, 2.45) is 0 Å². The van der Waals surface area contributed by atoms with Crippen LogP contribution in [0.5, 0.6) is 0 Å². The number of anilines is 3. The summed E-state index contributed by atoms with van der Waals surface area (Å²) >= 11 is 0. The van der Waals surface area contributed by atoms with Gasteiger partial charge < -0.3 is 4.90 Å². The first-order valence-corrected chi connectivity index (χ1v) is 17.9. The summed E-state index contributed by atoms with van der Waals surface area (Å²) in [4.78, 5) is 2.54. The predicted octanol–water partition coefficient (Wildman–Crippen LogP) is 13.1. The van der Waals surface area contributed by atoms with Gasteiger partial charge in [-0.1, -0.05) is 144 Å². The maximum absolute atomic E-state index is 2.55. The Bertz CT molecular complexity index is 2190. The lowest BCUT2D eigenvalue weighted by molar-refractivity contribution is 0.550. The summed E-state index contributed by atoms with van der Waals surface area (Å²) in [5.41, 5.74) is 18.9. The zero-order valence-electron chi connectivity index (χ0n) is 28.6. The van der Waals surface area contributed by atoms with Gasteiger partial charge in [-0.15, -0.1) is 0 Å². The lowest BCUT2D eigenvalue weighted by atomic mass is 9.76. The van der Waals surface area contributed by atoms with Crippen LogP contribution in [-0.2, 0) is 10.8 Å². The Kier molecular flexibility index (Phi) is 6.60. The molecule has 0 atom stereocenters. The highest BCUT2D eigenvalue weighted by atomic mass is 15.1. The molecule has 3 aliphatic rings.